The van der Waals surface area contributed by atoms with Crippen LogP contribution in [0.15, 0.2) is 51.4 Å². The number of hydrogen-bond donors (Lipinski definition) is 0. The van der Waals surface area contributed by atoms with Crippen molar-refractivity contribution < 1.29 is 23.1 Å². The summed E-state index contributed by atoms with van der Waals surface area (Å²) in [5, 5.41) is 0.658. The molecule has 3 aromatic rings. The van der Waals surface area contributed by atoms with E-state index in [4.69, 9.17) is 13.9 Å². The van der Waals surface area contributed by atoms with E-state index < -0.39 is 6.01 Å². The summed E-state index contributed by atoms with van der Waals surface area (Å²) in [5.74, 6) is 0.321. The lowest BCUT2D eigenvalue weighted by Gasteiger charge is -2.11. The molecule has 0 aliphatic carbocycles. The number of esters is 1. The van der Waals surface area contributed by atoms with Gasteiger partial charge in [0.2, 0.25) is 0 Å². The molecule has 3 rings (SSSR count). The minimum absolute atomic E-state index is 0.152. The molecule has 2 aromatic carbocycles. The molecule has 1 heterocycles. The largest absolute Gasteiger partial charge is 0.489 e. The Morgan fingerprint density at radius 1 is 1.19 bits per heavy atom. The van der Waals surface area contributed by atoms with Gasteiger partial charge in [0.1, 0.15) is 12.4 Å². The minimum atomic E-state index is -0.631. The standard InChI is InChI=1S/C19H16BrFO4.C2H6/c1-2-23-18(22)10-13-5-3-4-6-16(13)24-11-12-7-14-9-17(21)25-19(14)15(20)8-12;1-2/h3-9H,2,10-11H2,1H3;1-2H3. The zero-order chi connectivity index (χ0) is 19.8. The van der Waals surface area contributed by atoms with E-state index >= 15 is 0 Å². The molecule has 0 aliphatic rings. The van der Waals surface area contributed by atoms with E-state index in [0.717, 1.165) is 11.1 Å². The van der Waals surface area contributed by atoms with Crippen LogP contribution in [0.4, 0.5) is 4.39 Å². The van der Waals surface area contributed by atoms with Gasteiger partial charge in [-0.25, -0.2) is 0 Å². The molecule has 0 bridgehead atoms. The number of fused-ring (bicyclic) bond motifs is 1. The van der Waals surface area contributed by atoms with Crippen LogP contribution in [0.3, 0.4) is 0 Å². The molecule has 0 amide bonds. The molecule has 0 radical (unpaired) electrons. The first-order valence-electron chi connectivity index (χ1n) is 8.80. The molecule has 0 aliphatic heterocycles. The van der Waals surface area contributed by atoms with Gasteiger partial charge in [0.15, 0.2) is 5.58 Å². The lowest BCUT2D eigenvalue weighted by atomic mass is 10.1. The fourth-order valence-corrected chi connectivity index (χ4v) is 3.14. The second-order valence-electron chi connectivity index (χ2n) is 5.42. The van der Waals surface area contributed by atoms with Crippen molar-refractivity contribution >= 4 is 32.9 Å². The molecule has 0 saturated carbocycles. The average molecular weight is 437 g/mol. The van der Waals surface area contributed by atoms with Crippen molar-refractivity contribution in [2.75, 3.05) is 6.61 Å². The SMILES string of the molecule is CC.CCOC(=O)Cc1ccccc1OCc1cc(Br)c2oc(F)cc2c1. The second kappa shape index (κ2) is 10.1. The van der Waals surface area contributed by atoms with E-state index in [2.05, 4.69) is 15.9 Å². The first-order valence-corrected chi connectivity index (χ1v) is 9.60. The average Bonchev–Trinajstić information content (AvgIpc) is 3.04. The maximum atomic E-state index is 13.3. The molecule has 0 fully saturated rings. The summed E-state index contributed by atoms with van der Waals surface area (Å²) >= 11 is 3.37. The molecule has 1 aromatic heterocycles. The highest BCUT2D eigenvalue weighted by molar-refractivity contribution is 9.10. The predicted octanol–water partition coefficient (Wildman–Crippen LogP) is 6.05. The summed E-state index contributed by atoms with van der Waals surface area (Å²) in [5.41, 5.74) is 2.07. The molecule has 4 nitrogen and oxygen atoms in total. The molecule has 0 N–H and O–H groups in total. The van der Waals surface area contributed by atoms with E-state index in [1.165, 1.54) is 6.07 Å². The van der Waals surface area contributed by atoms with Crippen molar-refractivity contribution in [3.8, 4) is 5.75 Å². The quantitative estimate of drug-likeness (QED) is 0.441. The number of ether oxygens (including phenoxy) is 2. The lowest BCUT2D eigenvalue weighted by Crippen LogP contribution is -2.09. The molecule has 144 valence electrons. The molecule has 27 heavy (non-hydrogen) atoms. The molecule has 0 saturated heterocycles. The van der Waals surface area contributed by atoms with Crippen LogP contribution >= 0.6 is 15.9 Å². The normalized spacial score (nSPS) is 10.3. The van der Waals surface area contributed by atoms with Crippen molar-refractivity contribution in [1.82, 2.24) is 0 Å². The van der Waals surface area contributed by atoms with Crippen LogP contribution in [0.1, 0.15) is 31.9 Å². The summed E-state index contributed by atoms with van der Waals surface area (Å²) in [4.78, 5) is 11.7. The highest BCUT2D eigenvalue weighted by atomic mass is 79.9. The van der Waals surface area contributed by atoms with E-state index in [0.29, 0.717) is 27.8 Å². The highest BCUT2D eigenvalue weighted by Gasteiger charge is 2.12. The van der Waals surface area contributed by atoms with Crippen molar-refractivity contribution in [2.24, 2.45) is 0 Å². The van der Waals surface area contributed by atoms with Crippen molar-refractivity contribution in [3.63, 3.8) is 0 Å². The first-order chi connectivity index (χ1) is 13.1. The van der Waals surface area contributed by atoms with Crippen molar-refractivity contribution in [1.29, 1.82) is 0 Å². The fraction of sp³-hybridized carbons (Fsp3) is 0.286. The number of carbonyl (C=O) groups is 1. The smallest absolute Gasteiger partial charge is 0.310 e. The van der Waals surface area contributed by atoms with Gasteiger partial charge < -0.3 is 13.9 Å². The van der Waals surface area contributed by atoms with Crippen LogP contribution < -0.4 is 4.74 Å². The fourth-order valence-electron chi connectivity index (χ4n) is 2.54. The topological polar surface area (TPSA) is 48.7 Å². The maximum absolute atomic E-state index is 13.3. The zero-order valence-electron chi connectivity index (χ0n) is 15.6. The predicted molar refractivity (Wildman–Crippen MR) is 106 cm³/mol. The first kappa shape index (κ1) is 21.0. The van der Waals surface area contributed by atoms with Crippen LogP contribution in [0, 0.1) is 6.01 Å². The third-order valence-corrected chi connectivity index (χ3v) is 4.20. The Hall–Kier alpha value is -2.34. The van der Waals surface area contributed by atoms with Crippen LogP contribution in [0.25, 0.3) is 11.0 Å². The Bertz CT molecular complexity index is 904. The third kappa shape index (κ3) is 5.57. The van der Waals surface area contributed by atoms with Gasteiger partial charge in [-0.2, -0.15) is 4.39 Å². The monoisotopic (exact) mass is 436 g/mol. The van der Waals surface area contributed by atoms with E-state index in [1.54, 1.807) is 19.1 Å². The van der Waals surface area contributed by atoms with Gasteiger partial charge in [0, 0.05) is 17.0 Å². The lowest BCUT2D eigenvalue weighted by molar-refractivity contribution is -0.142. The molecule has 0 atom stereocenters. The molecular formula is C21H22BrFO4. The molecule has 6 heteroatoms. The summed E-state index contributed by atoms with van der Waals surface area (Å²) in [6.45, 7) is 6.39. The summed E-state index contributed by atoms with van der Waals surface area (Å²) in [7, 11) is 0. The molecule has 0 unspecified atom stereocenters. The summed E-state index contributed by atoms with van der Waals surface area (Å²) in [6, 6.07) is 11.6. The van der Waals surface area contributed by atoms with E-state index in [-0.39, 0.29) is 19.0 Å². The second-order valence-corrected chi connectivity index (χ2v) is 6.28. The van der Waals surface area contributed by atoms with Crippen molar-refractivity contribution in [3.05, 3.63) is 64.1 Å². The van der Waals surface area contributed by atoms with Crippen molar-refractivity contribution in [2.45, 2.75) is 33.8 Å². The highest BCUT2D eigenvalue weighted by Crippen LogP contribution is 2.29. The number of carbonyl (C=O) groups excluding carboxylic acids is 1. The number of hydrogen-bond acceptors (Lipinski definition) is 4. The molecular weight excluding hydrogens is 415 g/mol. The van der Waals surface area contributed by atoms with Crippen LogP contribution in [0.2, 0.25) is 0 Å². The Balaban J connectivity index is 0.00000126. The summed E-state index contributed by atoms with van der Waals surface area (Å²) < 4.78 is 29.8. The molecule has 0 spiro atoms. The van der Waals surface area contributed by atoms with E-state index in [9.17, 15) is 9.18 Å². The summed E-state index contributed by atoms with van der Waals surface area (Å²) in [6.07, 6.45) is 0.152. The van der Waals surface area contributed by atoms with Crippen LogP contribution in [-0.4, -0.2) is 12.6 Å². The van der Waals surface area contributed by atoms with Crippen LogP contribution in [0.5, 0.6) is 5.75 Å². The number of furan rings is 1. The number of benzene rings is 2. The van der Waals surface area contributed by atoms with Gasteiger partial charge in [-0.15, -0.1) is 0 Å². The van der Waals surface area contributed by atoms with Gasteiger partial charge >= 0.3 is 5.97 Å². The number of halogens is 2. The van der Waals surface area contributed by atoms with Gasteiger partial charge in [-0.1, -0.05) is 32.0 Å². The Kier molecular flexibility index (Phi) is 7.85. The number of rotatable bonds is 6. The van der Waals surface area contributed by atoms with Crippen LogP contribution in [-0.2, 0) is 22.6 Å². The Morgan fingerprint density at radius 3 is 2.67 bits per heavy atom. The Morgan fingerprint density at radius 2 is 1.93 bits per heavy atom. The Labute approximate surface area is 166 Å². The number of para-hydroxylation sites is 1. The maximum Gasteiger partial charge on any atom is 0.310 e. The van der Waals surface area contributed by atoms with Gasteiger partial charge in [0.25, 0.3) is 6.01 Å². The van der Waals surface area contributed by atoms with Gasteiger partial charge in [-0.3, -0.25) is 4.79 Å². The zero-order valence-corrected chi connectivity index (χ0v) is 17.1. The third-order valence-electron chi connectivity index (χ3n) is 3.61. The van der Waals surface area contributed by atoms with Gasteiger partial charge in [-0.05, 0) is 46.6 Å². The minimum Gasteiger partial charge on any atom is -0.489 e. The van der Waals surface area contributed by atoms with Gasteiger partial charge in [0.05, 0.1) is 17.5 Å². The van der Waals surface area contributed by atoms with E-state index in [1.807, 2.05) is 38.1 Å².